The molecule has 20 heavy (non-hydrogen) atoms. The van der Waals surface area contributed by atoms with E-state index in [1.165, 1.54) is 0 Å². The van der Waals surface area contributed by atoms with Crippen molar-refractivity contribution >= 4 is 30.4 Å². The van der Waals surface area contributed by atoms with Gasteiger partial charge in [-0.1, -0.05) is 19.8 Å². The number of aliphatic carboxylic acids is 1. The first-order valence-electron chi connectivity index (χ1n) is 6.86. The number of thiol groups is 1. The van der Waals surface area contributed by atoms with Crippen molar-refractivity contribution in [3.05, 3.63) is 0 Å². The zero-order chi connectivity index (χ0) is 15.3. The van der Waals surface area contributed by atoms with Crippen molar-refractivity contribution in [2.75, 3.05) is 0 Å². The van der Waals surface area contributed by atoms with Crippen molar-refractivity contribution in [3.8, 4) is 0 Å². The lowest BCUT2D eigenvalue weighted by Gasteiger charge is -2.31. The molecule has 6 nitrogen and oxygen atoms in total. The van der Waals surface area contributed by atoms with Crippen molar-refractivity contribution in [2.24, 2.45) is 0 Å². The molecule has 0 heterocycles. The van der Waals surface area contributed by atoms with Crippen LogP contribution in [0.25, 0.3) is 0 Å². The number of carboxylic acids is 1. The Hall–Kier alpha value is -1.24. The molecular weight excluding hydrogens is 280 g/mol. The molecule has 0 aromatic heterocycles. The topological polar surface area (TPSA) is 95.5 Å². The van der Waals surface area contributed by atoms with Crippen LogP contribution in [0.15, 0.2) is 0 Å². The normalized spacial score (nSPS) is 19.9. The highest BCUT2D eigenvalue weighted by molar-refractivity contribution is 7.81. The zero-order valence-corrected chi connectivity index (χ0v) is 12.7. The van der Waals surface area contributed by atoms with Crippen LogP contribution >= 0.6 is 12.6 Å². The highest BCUT2D eigenvalue weighted by atomic mass is 32.1. The highest BCUT2D eigenvalue weighted by Crippen LogP contribution is 2.30. The molecule has 0 spiro atoms. The molecule has 2 amide bonds. The van der Waals surface area contributed by atoms with E-state index in [0.29, 0.717) is 19.3 Å². The molecule has 0 bridgehead atoms. The number of nitrogens with one attached hydrogen (secondary N) is 2. The largest absolute Gasteiger partial charge is 0.480 e. The molecule has 1 aliphatic rings. The average Bonchev–Trinajstić information content (AvgIpc) is 2.84. The average molecular weight is 302 g/mol. The molecule has 2 atom stereocenters. The lowest BCUT2D eigenvalue weighted by atomic mass is 9.95. The van der Waals surface area contributed by atoms with Gasteiger partial charge in [-0.2, -0.15) is 12.6 Å². The Morgan fingerprint density at radius 3 is 2.25 bits per heavy atom. The summed E-state index contributed by atoms with van der Waals surface area (Å²) in [5.74, 6) is -1.79. The van der Waals surface area contributed by atoms with Crippen LogP contribution in [0.3, 0.4) is 0 Å². The van der Waals surface area contributed by atoms with Crippen LogP contribution in [0.5, 0.6) is 0 Å². The van der Waals surface area contributed by atoms with E-state index in [2.05, 4.69) is 23.3 Å². The summed E-state index contributed by atoms with van der Waals surface area (Å²) in [7, 11) is 0. The number of hydrogen-bond acceptors (Lipinski definition) is 4. The van der Waals surface area contributed by atoms with Crippen LogP contribution in [0.4, 0.5) is 0 Å². The Bertz CT molecular complexity index is 392. The fourth-order valence-corrected chi connectivity index (χ4v) is 2.43. The van der Waals surface area contributed by atoms with Crippen LogP contribution in [-0.2, 0) is 14.4 Å². The van der Waals surface area contributed by atoms with Gasteiger partial charge in [0.2, 0.25) is 11.8 Å². The second-order valence-electron chi connectivity index (χ2n) is 5.23. The molecule has 7 heteroatoms. The molecule has 0 aromatic carbocycles. The van der Waals surface area contributed by atoms with Gasteiger partial charge in [0.1, 0.15) is 11.6 Å². The Kier molecular flexibility index (Phi) is 5.86. The second-order valence-corrected chi connectivity index (χ2v) is 6.00. The number of carbonyl (C=O) groups is 3. The van der Waals surface area contributed by atoms with Crippen LogP contribution < -0.4 is 10.6 Å². The molecule has 0 saturated heterocycles. The van der Waals surface area contributed by atoms with Gasteiger partial charge in [-0.25, -0.2) is 4.79 Å². The summed E-state index contributed by atoms with van der Waals surface area (Å²) in [6, 6.07) is -0.926. The summed E-state index contributed by atoms with van der Waals surface area (Å²) < 4.78 is 0. The molecule has 0 aromatic rings. The van der Waals surface area contributed by atoms with E-state index in [1.54, 1.807) is 13.8 Å². The summed E-state index contributed by atoms with van der Waals surface area (Å²) in [5, 5.41) is 13.7. The third-order valence-electron chi connectivity index (χ3n) is 3.65. The van der Waals surface area contributed by atoms with Crippen LogP contribution in [0, 0.1) is 0 Å². The van der Waals surface area contributed by atoms with E-state index in [0.717, 1.165) is 12.8 Å². The van der Waals surface area contributed by atoms with Gasteiger partial charge in [-0.15, -0.1) is 0 Å². The first kappa shape index (κ1) is 16.8. The van der Waals surface area contributed by atoms with Gasteiger partial charge in [-0.05, 0) is 26.2 Å². The van der Waals surface area contributed by atoms with Crippen LogP contribution in [-0.4, -0.2) is 39.7 Å². The van der Waals surface area contributed by atoms with E-state index < -0.39 is 28.7 Å². The van der Waals surface area contributed by atoms with Gasteiger partial charge in [-0.3, -0.25) is 9.59 Å². The number of rotatable bonds is 6. The SMILES string of the molecule is CCC(NC(=O)C1(NC(=O)C(C)S)CCCC1)C(=O)O. The number of carboxylic acid groups (broad SMARTS) is 1. The van der Waals surface area contributed by atoms with Crippen molar-refractivity contribution in [1.29, 1.82) is 0 Å². The minimum Gasteiger partial charge on any atom is -0.480 e. The van der Waals surface area contributed by atoms with Gasteiger partial charge in [0.15, 0.2) is 0 Å². The molecule has 1 rings (SSSR count). The highest BCUT2D eigenvalue weighted by Gasteiger charge is 2.43. The van der Waals surface area contributed by atoms with Gasteiger partial charge in [0, 0.05) is 0 Å². The number of amides is 2. The lowest BCUT2D eigenvalue weighted by Crippen LogP contribution is -2.60. The number of carbonyl (C=O) groups excluding carboxylic acids is 2. The smallest absolute Gasteiger partial charge is 0.326 e. The van der Waals surface area contributed by atoms with Crippen molar-refractivity contribution in [3.63, 3.8) is 0 Å². The third-order valence-corrected chi connectivity index (χ3v) is 3.88. The monoisotopic (exact) mass is 302 g/mol. The Morgan fingerprint density at radius 2 is 1.85 bits per heavy atom. The molecule has 114 valence electrons. The fraction of sp³-hybridized carbons (Fsp3) is 0.769. The molecule has 3 N–H and O–H groups in total. The Balaban J connectivity index is 2.82. The minimum atomic E-state index is -1.07. The van der Waals surface area contributed by atoms with Gasteiger partial charge in [0.25, 0.3) is 0 Å². The predicted octanol–water partition coefficient (Wildman–Crippen LogP) is 0.713. The van der Waals surface area contributed by atoms with E-state index in [-0.39, 0.29) is 5.91 Å². The fourth-order valence-electron chi connectivity index (χ4n) is 2.36. The predicted molar refractivity (Wildman–Crippen MR) is 77.6 cm³/mol. The summed E-state index contributed by atoms with van der Waals surface area (Å²) >= 11 is 4.05. The van der Waals surface area contributed by atoms with Crippen molar-refractivity contribution in [2.45, 2.75) is 62.8 Å². The van der Waals surface area contributed by atoms with E-state index in [1.807, 2.05) is 0 Å². The first-order chi connectivity index (χ1) is 9.32. The lowest BCUT2D eigenvalue weighted by molar-refractivity contribution is -0.143. The summed E-state index contributed by atoms with van der Waals surface area (Å²) in [5.41, 5.74) is -0.989. The van der Waals surface area contributed by atoms with Gasteiger partial charge >= 0.3 is 5.97 Å². The zero-order valence-electron chi connectivity index (χ0n) is 11.8. The van der Waals surface area contributed by atoms with Gasteiger partial charge in [0.05, 0.1) is 5.25 Å². The Morgan fingerprint density at radius 1 is 1.30 bits per heavy atom. The maximum atomic E-state index is 12.4. The first-order valence-corrected chi connectivity index (χ1v) is 7.38. The van der Waals surface area contributed by atoms with Crippen molar-refractivity contribution in [1.82, 2.24) is 10.6 Å². The van der Waals surface area contributed by atoms with Crippen molar-refractivity contribution < 1.29 is 19.5 Å². The van der Waals surface area contributed by atoms with Crippen LogP contribution in [0.2, 0.25) is 0 Å². The standard InChI is InChI=1S/C13H22N2O4S/c1-3-9(11(17)18)14-12(19)13(6-4-5-7-13)15-10(16)8(2)20/h8-9,20H,3-7H2,1-2H3,(H,14,19)(H,15,16)(H,17,18). The van der Waals surface area contributed by atoms with Gasteiger partial charge < -0.3 is 15.7 Å². The second kappa shape index (κ2) is 6.97. The number of hydrogen-bond donors (Lipinski definition) is 4. The molecular formula is C13H22N2O4S. The molecule has 0 aliphatic heterocycles. The summed E-state index contributed by atoms with van der Waals surface area (Å²) in [6.07, 6.45) is 3.02. The molecule has 1 fully saturated rings. The maximum Gasteiger partial charge on any atom is 0.326 e. The quantitative estimate of drug-likeness (QED) is 0.544. The van der Waals surface area contributed by atoms with E-state index >= 15 is 0 Å². The third kappa shape index (κ3) is 3.88. The molecule has 2 unspecified atom stereocenters. The van der Waals surface area contributed by atoms with E-state index in [9.17, 15) is 14.4 Å². The Labute approximate surface area is 124 Å². The summed E-state index contributed by atoms with van der Waals surface area (Å²) in [6.45, 7) is 3.32. The maximum absolute atomic E-state index is 12.4. The van der Waals surface area contributed by atoms with E-state index in [4.69, 9.17) is 5.11 Å². The van der Waals surface area contributed by atoms with Crippen LogP contribution in [0.1, 0.15) is 46.0 Å². The summed E-state index contributed by atoms with van der Waals surface area (Å²) in [4.78, 5) is 35.2. The molecule has 0 radical (unpaired) electrons. The minimum absolute atomic E-state index is 0.300. The molecule has 1 aliphatic carbocycles. The molecule has 1 saturated carbocycles.